The topological polar surface area (TPSA) is 46.5 Å². The van der Waals surface area contributed by atoms with Crippen LogP contribution in [0.5, 0.6) is 0 Å². The molecule has 0 aromatic carbocycles. The Morgan fingerprint density at radius 2 is 1.85 bits per heavy atom. The Bertz CT molecular complexity index is 143. The molecule has 2 atom stereocenters. The van der Waals surface area contributed by atoms with Crippen molar-refractivity contribution in [3.8, 4) is 0 Å². The fourth-order valence-corrected chi connectivity index (χ4v) is 1.21. The summed E-state index contributed by atoms with van der Waals surface area (Å²) in [7, 11) is 0. The summed E-state index contributed by atoms with van der Waals surface area (Å²) in [5.74, 6) is -0.219. The van der Waals surface area contributed by atoms with Crippen molar-refractivity contribution >= 4 is 5.97 Å². The van der Waals surface area contributed by atoms with Gasteiger partial charge in [-0.3, -0.25) is 4.79 Å². The molecule has 3 nitrogen and oxygen atoms in total. The first-order valence-corrected chi connectivity index (χ1v) is 4.87. The number of unbranched alkanes of at least 4 members (excludes halogenated alkanes) is 1. The molecule has 3 heteroatoms. The molecular weight excluding hydrogens is 168 g/mol. The van der Waals surface area contributed by atoms with Crippen LogP contribution in [0.2, 0.25) is 0 Å². The maximum Gasteiger partial charge on any atom is 0.302 e. The van der Waals surface area contributed by atoms with Crippen molar-refractivity contribution in [3.63, 3.8) is 0 Å². The largest absolute Gasteiger partial charge is 0.463 e. The molecule has 0 aromatic rings. The normalized spacial score (nSPS) is 15.1. The molecule has 0 amide bonds. The first-order chi connectivity index (χ1) is 6.02. The van der Waals surface area contributed by atoms with Gasteiger partial charge in [0.15, 0.2) is 0 Å². The second-order valence-electron chi connectivity index (χ2n) is 3.55. The van der Waals surface area contributed by atoms with Gasteiger partial charge in [-0.2, -0.15) is 0 Å². The lowest BCUT2D eigenvalue weighted by molar-refractivity contribution is -0.145. The second-order valence-corrected chi connectivity index (χ2v) is 3.55. The smallest absolute Gasteiger partial charge is 0.302 e. The van der Waals surface area contributed by atoms with Crippen molar-refractivity contribution in [1.29, 1.82) is 0 Å². The maximum absolute atomic E-state index is 10.5. The van der Waals surface area contributed by atoms with Crippen LogP contribution in [0, 0.1) is 0 Å². The summed E-state index contributed by atoms with van der Waals surface area (Å²) in [6, 6.07) is 0. The molecule has 0 aliphatic heterocycles. The first-order valence-electron chi connectivity index (χ1n) is 4.87. The van der Waals surface area contributed by atoms with E-state index in [1.807, 2.05) is 6.92 Å². The summed E-state index contributed by atoms with van der Waals surface area (Å²) in [6.07, 6.45) is 3.48. The summed E-state index contributed by atoms with van der Waals surface area (Å²) in [5, 5.41) is 8.98. The van der Waals surface area contributed by atoms with Crippen LogP contribution in [0.15, 0.2) is 0 Å². The maximum atomic E-state index is 10.5. The van der Waals surface area contributed by atoms with Gasteiger partial charge >= 0.3 is 5.97 Å². The second kappa shape index (κ2) is 6.89. The molecule has 0 bridgehead atoms. The Morgan fingerprint density at radius 3 is 2.31 bits per heavy atom. The van der Waals surface area contributed by atoms with Crippen molar-refractivity contribution < 1.29 is 14.6 Å². The SMILES string of the molecule is CC(=O)OC(C)CCCCC(C)O. The summed E-state index contributed by atoms with van der Waals surface area (Å²) >= 11 is 0. The zero-order chi connectivity index (χ0) is 10.3. The van der Waals surface area contributed by atoms with E-state index in [4.69, 9.17) is 9.84 Å². The monoisotopic (exact) mass is 188 g/mol. The van der Waals surface area contributed by atoms with Gasteiger partial charge in [0.25, 0.3) is 0 Å². The molecule has 0 rings (SSSR count). The zero-order valence-corrected chi connectivity index (χ0v) is 8.75. The molecule has 0 fully saturated rings. The van der Waals surface area contributed by atoms with Crippen molar-refractivity contribution in [2.75, 3.05) is 0 Å². The highest BCUT2D eigenvalue weighted by molar-refractivity contribution is 5.66. The highest BCUT2D eigenvalue weighted by Gasteiger charge is 2.04. The highest BCUT2D eigenvalue weighted by atomic mass is 16.5. The van der Waals surface area contributed by atoms with Crippen molar-refractivity contribution in [3.05, 3.63) is 0 Å². The van der Waals surface area contributed by atoms with E-state index in [1.54, 1.807) is 6.92 Å². The number of rotatable bonds is 6. The summed E-state index contributed by atoms with van der Waals surface area (Å²) in [5.41, 5.74) is 0. The number of aliphatic hydroxyl groups excluding tert-OH is 1. The molecule has 0 saturated carbocycles. The van der Waals surface area contributed by atoms with E-state index in [0.29, 0.717) is 0 Å². The van der Waals surface area contributed by atoms with E-state index >= 15 is 0 Å². The van der Waals surface area contributed by atoms with Gasteiger partial charge in [0, 0.05) is 6.92 Å². The van der Waals surface area contributed by atoms with E-state index in [2.05, 4.69) is 0 Å². The molecule has 1 N–H and O–H groups in total. The van der Waals surface area contributed by atoms with Crippen LogP contribution < -0.4 is 0 Å². The number of esters is 1. The fourth-order valence-electron chi connectivity index (χ4n) is 1.21. The Hall–Kier alpha value is -0.570. The van der Waals surface area contributed by atoms with E-state index in [9.17, 15) is 4.79 Å². The number of carbonyl (C=O) groups is 1. The molecule has 13 heavy (non-hydrogen) atoms. The molecule has 2 unspecified atom stereocenters. The molecule has 0 spiro atoms. The van der Waals surface area contributed by atoms with Crippen LogP contribution in [0.25, 0.3) is 0 Å². The minimum absolute atomic E-state index is 0.00602. The van der Waals surface area contributed by atoms with Gasteiger partial charge in [0.05, 0.1) is 12.2 Å². The van der Waals surface area contributed by atoms with Crippen LogP contribution in [-0.4, -0.2) is 23.3 Å². The van der Waals surface area contributed by atoms with Gasteiger partial charge in [-0.1, -0.05) is 6.42 Å². The van der Waals surface area contributed by atoms with Crippen LogP contribution >= 0.6 is 0 Å². The summed E-state index contributed by atoms with van der Waals surface area (Å²) in [6.45, 7) is 5.10. The van der Waals surface area contributed by atoms with Gasteiger partial charge in [-0.05, 0) is 33.1 Å². The van der Waals surface area contributed by atoms with Gasteiger partial charge in [-0.15, -0.1) is 0 Å². The van der Waals surface area contributed by atoms with Crippen molar-refractivity contribution in [2.24, 2.45) is 0 Å². The van der Waals surface area contributed by atoms with Crippen LogP contribution in [-0.2, 0) is 9.53 Å². The van der Waals surface area contributed by atoms with Gasteiger partial charge in [-0.25, -0.2) is 0 Å². The van der Waals surface area contributed by atoms with Gasteiger partial charge < -0.3 is 9.84 Å². The number of hydrogen-bond acceptors (Lipinski definition) is 3. The Labute approximate surface area is 80.1 Å². The van der Waals surface area contributed by atoms with Crippen molar-refractivity contribution in [2.45, 2.75) is 58.7 Å². The molecule has 0 aromatic heterocycles. The van der Waals surface area contributed by atoms with E-state index in [0.717, 1.165) is 25.7 Å². The third-order valence-corrected chi connectivity index (χ3v) is 1.85. The number of carbonyl (C=O) groups excluding carboxylic acids is 1. The number of hydrogen-bond donors (Lipinski definition) is 1. The van der Waals surface area contributed by atoms with Gasteiger partial charge in [0.1, 0.15) is 0 Å². The van der Waals surface area contributed by atoms with E-state index in [1.165, 1.54) is 6.92 Å². The van der Waals surface area contributed by atoms with Crippen LogP contribution in [0.4, 0.5) is 0 Å². The van der Waals surface area contributed by atoms with Crippen molar-refractivity contribution in [1.82, 2.24) is 0 Å². The summed E-state index contributed by atoms with van der Waals surface area (Å²) < 4.78 is 4.96. The first kappa shape index (κ1) is 12.4. The quantitative estimate of drug-likeness (QED) is 0.511. The third kappa shape index (κ3) is 9.34. The molecule has 0 aliphatic carbocycles. The predicted molar refractivity (Wildman–Crippen MR) is 51.4 cm³/mol. The number of aliphatic hydroxyl groups is 1. The Kier molecular flexibility index (Phi) is 6.59. The summed E-state index contributed by atoms with van der Waals surface area (Å²) in [4.78, 5) is 10.5. The molecular formula is C10H20O3. The molecule has 0 saturated heterocycles. The Morgan fingerprint density at radius 1 is 1.31 bits per heavy atom. The Balaban J connectivity index is 3.26. The molecule has 0 heterocycles. The lowest BCUT2D eigenvalue weighted by Crippen LogP contribution is -2.12. The molecule has 78 valence electrons. The molecule has 0 aliphatic rings. The average molecular weight is 188 g/mol. The average Bonchev–Trinajstić information content (AvgIpc) is 1.96. The fraction of sp³-hybridized carbons (Fsp3) is 0.900. The van der Waals surface area contributed by atoms with Crippen LogP contribution in [0.3, 0.4) is 0 Å². The van der Waals surface area contributed by atoms with Gasteiger partial charge in [0.2, 0.25) is 0 Å². The third-order valence-electron chi connectivity index (χ3n) is 1.85. The van der Waals surface area contributed by atoms with E-state index < -0.39 is 0 Å². The molecule has 0 radical (unpaired) electrons. The minimum Gasteiger partial charge on any atom is -0.463 e. The highest BCUT2D eigenvalue weighted by Crippen LogP contribution is 2.08. The lowest BCUT2D eigenvalue weighted by atomic mass is 10.1. The number of ether oxygens (including phenoxy) is 1. The van der Waals surface area contributed by atoms with Crippen LogP contribution in [0.1, 0.15) is 46.5 Å². The zero-order valence-electron chi connectivity index (χ0n) is 8.75. The lowest BCUT2D eigenvalue weighted by Gasteiger charge is -2.11. The predicted octanol–water partition coefficient (Wildman–Crippen LogP) is 1.88. The van der Waals surface area contributed by atoms with E-state index in [-0.39, 0.29) is 18.2 Å². The minimum atomic E-state index is -0.219. The standard InChI is InChI=1S/C10H20O3/c1-8(11)6-4-5-7-9(2)13-10(3)12/h8-9,11H,4-7H2,1-3H3.